The summed E-state index contributed by atoms with van der Waals surface area (Å²) in [6, 6.07) is 0. The third kappa shape index (κ3) is 6.77. The Morgan fingerprint density at radius 1 is 1.43 bits per heavy atom. The summed E-state index contributed by atoms with van der Waals surface area (Å²) in [7, 11) is 0. The molecule has 0 nitrogen and oxygen atoms in total. The molecule has 2 heteroatoms. The molecule has 0 aliphatic carbocycles. The van der Waals surface area contributed by atoms with Gasteiger partial charge in [-0.15, -0.1) is 11.6 Å². The minimum Gasteiger partial charge on any atom is -0.127 e. The fourth-order valence-electron chi connectivity index (χ4n) is 0.299. The fraction of sp³-hybridized carbons (Fsp3) is 0.800. The molecule has 7 heavy (non-hydrogen) atoms. The van der Waals surface area contributed by atoms with Gasteiger partial charge in [-0.3, -0.25) is 0 Å². The summed E-state index contributed by atoms with van der Waals surface area (Å²) in [4.78, 5) is 0. The van der Waals surface area contributed by atoms with Crippen LogP contribution in [0.25, 0.3) is 0 Å². The molecule has 0 aliphatic rings. The predicted molar refractivity (Wildman–Crippen MR) is 38.0 cm³/mol. The number of hydrogen-bond donors (Lipinski definition) is 0. The van der Waals surface area contributed by atoms with Crippen LogP contribution in [-0.4, -0.2) is 11.2 Å². The molecule has 0 fully saturated rings. The molecule has 0 amide bonds. The molecule has 0 saturated heterocycles. The highest BCUT2D eigenvalue weighted by atomic mass is 79.9. The van der Waals surface area contributed by atoms with Crippen LogP contribution in [0.5, 0.6) is 0 Å². The smallest absolute Gasteiger partial charge is 0.0226 e. The molecule has 0 unspecified atom stereocenters. The SMILES string of the molecule is ClCC[CH]CCBr. The van der Waals surface area contributed by atoms with Gasteiger partial charge in [0.05, 0.1) is 0 Å². The van der Waals surface area contributed by atoms with Crippen LogP contribution in [0.4, 0.5) is 0 Å². The van der Waals surface area contributed by atoms with Crippen LogP contribution in [-0.2, 0) is 0 Å². The summed E-state index contributed by atoms with van der Waals surface area (Å²) in [5, 5.41) is 1.06. The van der Waals surface area contributed by atoms with Crippen LogP contribution in [0.15, 0.2) is 0 Å². The summed E-state index contributed by atoms with van der Waals surface area (Å²) in [5.41, 5.74) is 0. The van der Waals surface area contributed by atoms with E-state index in [1.807, 2.05) is 0 Å². The number of alkyl halides is 2. The predicted octanol–water partition coefficient (Wildman–Crippen LogP) is 2.60. The normalized spacial score (nSPS) is 9.43. The molecule has 0 saturated carbocycles. The maximum atomic E-state index is 5.39. The number of unbranched alkanes of at least 4 members (excludes halogenated alkanes) is 2. The second-order valence-corrected chi connectivity index (χ2v) is 2.41. The molecule has 0 heterocycles. The molecular weight excluding hydrogens is 175 g/mol. The average molecular weight is 184 g/mol. The zero-order valence-electron chi connectivity index (χ0n) is 4.16. The largest absolute Gasteiger partial charge is 0.127 e. The lowest BCUT2D eigenvalue weighted by molar-refractivity contribution is 0.990. The van der Waals surface area contributed by atoms with Crippen LogP contribution < -0.4 is 0 Å². The van der Waals surface area contributed by atoms with Gasteiger partial charge in [-0.25, -0.2) is 0 Å². The van der Waals surface area contributed by atoms with Gasteiger partial charge >= 0.3 is 0 Å². The highest BCUT2D eigenvalue weighted by Gasteiger charge is 1.82. The van der Waals surface area contributed by atoms with Crippen molar-refractivity contribution in [1.29, 1.82) is 0 Å². The summed E-state index contributed by atoms with van der Waals surface area (Å²) in [6.07, 6.45) is 4.35. The molecule has 0 aliphatic heterocycles. The Hall–Kier alpha value is 0.770. The maximum Gasteiger partial charge on any atom is 0.0226 e. The summed E-state index contributed by atoms with van der Waals surface area (Å²) in [5.74, 6) is 0.757. The summed E-state index contributed by atoms with van der Waals surface area (Å²) < 4.78 is 0. The van der Waals surface area contributed by atoms with E-state index >= 15 is 0 Å². The zero-order valence-corrected chi connectivity index (χ0v) is 6.50. The van der Waals surface area contributed by atoms with Crippen LogP contribution in [0.2, 0.25) is 0 Å². The minimum absolute atomic E-state index is 0.757. The average Bonchev–Trinajstić information content (AvgIpc) is 1.69. The third-order valence-corrected chi connectivity index (χ3v) is 1.30. The van der Waals surface area contributed by atoms with Crippen molar-refractivity contribution in [1.82, 2.24) is 0 Å². The van der Waals surface area contributed by atoms with E-state index in [0.717, 1.165) is 24.1 Å². The molecule has 0 aromatic rings. The highest BCUT2D eigenvalue weighted by molar-refractivity contribution is 9.09. The van der Waals surface area contributed by atoms with Crippen LogP contribution in [0.1, 0.15) is 12.8 Å². The number of rotatable bonds is 4. The van der Waals surface area contributed by atoms with Gasteiger partial charge in [0, 0.05) is 11.2 Å². The van der Waals surface area contributed by atoms with Gasteiger partial charge in [0.25, 0.3) is 0 Å². The van der Waals surface area contributed by atoms with Gasteiger partial charge in [0.2, 0.25) is 0 Å². The van der Waals surface area contributed by atoms with Crippen molar-refractivity contribution in [3.05, 3.63) is 6.42 Å². The first-order chi connectivity index (χ1) is 3.41. The van der Waals surface area contributed by atoms with Crippen molar-refractivity contribution in [3.63, 3.8) is 0 Å². The van der Waals surface area contributed by atoms with Gasteiger partial charge < -0.3 is 0 Å². The Morgan fingerprint density at radius 3 is 2.57 bits per heavy atom. The second kappa shape index (κ2) is 6.77. The zero-order chi connectivity index (χ0) is 5.54. The molecule has 0 atom stereocenters. The molecule has 0 rings (SSSR count). The Morgan fingerprint density at radius 2 is 2.14 bits per heavy atom. The quantitative estimate of drug-likeness (QED) is 0.465. The van der Waals surface area contributed by atoms with Gasteiger partial charge in [0.15, 0.2) is 0 Å². The van der Waals surface area contributed by atoms with Crippen molar-refractivity contribution < 1.29 is 0 Å². The van der Waals surface area contributed by atoms with Crippen molar-refractivity contribution in [2.45, 2.75) is 12.8 Å². The Bertz CT molecular complexity index is 27.3. The molecule has 0 bridgehead atoms. The van der Waals surface area contributed by atoms with Crippen LogP contribution >= 0.6 is 27.5 Å². The van der Waals surface area contributed by atoms with E-state index in [2.05, 4.69) is 22.4 Å². The van der Waals surface area contributed by atoms with E-state index in [4.69, 9.17) is 11.6 Å². The summed E-state index contributed by atoms with van der Waals surface area (Å²) >= 11 is 8.70. The summed E-state index contributed by atoms with van der Waals surface area (Å²) in [6.45, 7) is 0. The molecule has 1 radical (unpaired) electrons. The topological polar surface area (TPSA) is 0 Å². The Balaban J connectivity index is 2.45. The molecule has 0 spiro atoms. The van der Waals surface area contributed by atoms with E-state index < -0.39 is 0 Å². The first-order valence-electron chi connectivity index (χ1n) is 2.35. The van der Waals surface area contributed by atoms with Crippen molar-refractivity contribution in [2.24, 2.45) is 0 Å². The van der Waals surface area contributed by atoms with E-state index in [1.165, 1.54) is 0 Å². The standard InChI is InChI=1S/C5H9BrCl/c6-4-2-1-3-5-7/h1H,2-5H2. The van der Waals surface area contributed by atoms with Crippen molar-refractivity contribution >= 4 is 27.5 Å². The van der Waals surface area contributed by atoms with Gasteiger partial charge in [0.1, 0.15) is 0 Å². The third-order valence-electron chi connectivity index (χ3n) is 0.626. The highest BCUT2D eigenvalue weighted by Crippen LogP contribution is 1.97. The molecule has 0 N–H and O–H groups in total. The molecule has 43 valence electrons. The Kier molecular flexibility index (Phi) is 7.51. The Labute approximate surface area is 58.4 Å². The monoisotopic (exact) mass is 183 g/mol. The lowest BCUT2D eigenvalue weighted by atomic mass is 10.3. The van der Waals surface area contributed by atoms with Crippen molar-refractivity contribution in [2.75, 3.05) is 11.2 Å². The minimum atomic E-state index is 0.757. The number of halogens is 2. The lowest BCUT2D eigenvalue weighted by Crippen LogP contribution is -1.78. The van der Waals surface area contributed by atoms with E-state index in [0.29, 0.717) is 0 Å². The van der Waals surface area contributed by atoms with E-state index in [1.54, 1.807) is 0 Å². The van der Waals surface area contributed by atoms with Crippen LogP contribution in [0.3, 0.4) is 0 Å². The van der Waals surface area contributed by atoms with Gasteiger partial charge in [-0.2, -0.15) is 0 Å². The van der Waals surface area contributed by atoms with Crippen LogP contribution in [0, 0.1) is 6.42 Å². The number of hydrogen-bond acceptors (Lipinski definition) is 0. The van der Waals surface area contributed by atoms with Gasteiger partial charge in [-0.1, -0.05) is 15.9 Å². The van der Waals surface area contributed by atoms with E-state index in [-0.39, 0.29) is 0 Å². The van der Waals surface area contributed by atoms with Crippen molar-refractivity contribution in [3.8, 4) is 0 Å². The lowest BCUT2D eigenvalue weighted by Gasteiger charge is -1.88. The molecule has 0 aromatic heterocycles. The van der Waals surface area contributed by atoms with Gasteiger partial charge in [-0.05, 0) is 19.3 Å². The molecular formula is C5H9BrCl. The fourth-order valence-corrected chi connectivity index (χ4v) is 0.777. The second-order valence-electron chi connectivity index (χ2n) is 1.24. The maximum absolute atomic E-state index is 5.39. The van der Waals surface area contributed by atoms with E-state index in [9.17, 15) is 0 Å². The molecule has 0 aromatic carbocycles. The first kappa shape index (κ1) is 7.77. The first-order valence-corrected chi connectivity index (χ1v) is 4.01.